The van der Waals surface area contributed by atoms with Crippen LogP contribution in [0.15, 0.2) is 34.4 Å². The maximum atomic E-state index is 13.2. The number of carbonyl (C=O) groups is 1. The molecule has 3 N–H and O–H groups in total. The van der Waals surface area contributed by atoms with Crippen molar-refractivity contribution in [2.45, 2.75) is 61.9 Å². The number of esters is 1. The molecule has 0 radical (unpaired) electrons. The first-order chi connectivity index (χ1) is 15.9. The van der Waals surface area contributed by atoms with Crippen LogP contribution in [0.4, 0.5) is 26.3 Å². The number of halogens is 6. The second-order valence-electron chi connectivity index (χ2n) is 8.65. The highest BCUT2D eigenvalue weighted by atomic mass is 32.2. The van der Waals surface area contributed by atoms with E-state index in [9.17, 15) is 39.6 Å². The van der Waals surface area contributed by atoms with Crippen LogP contribution in [0.5, 0.6) is 0 Å². The molecule has 0 heterocycles. The van der Waals surface area contributed by atoms with E-state index in [4.69, 9.17) is 10.1 Å². The van der Waals surface area contributed by atoms with Crippen LogP contribution in [0.1, 0.15) is 44.2 Å². The summed E-state index contributed by atoms with van der Waals surface area (Å²) in [6, 6.07) is -0.879. The Labute approximate surface area is 198 Å². The zero-order chi connectivity index (χ0) is 27.0. The molecule has 1 unspecified atom stereocenters. The van der Waals surface area contributed by atoms with Crippen LogP contribution >= 0.6 is 0 Å². The lowest BCUT2D eigenvalue weighted by Crippen LogP contribution is -2.96. The van der Waals surface area contributed by atoms with Crippen molar-refractivity contribution >= 4 is 22.2 Å². The van der Waals surface area contributed by atoms with Gasteiger partial charge in [0.1, 0.15) is 5.70 Å². The topological polar surface area (TPSA) is 104 Å². The average molecular weight is 531 g/mol. The lowest BCUT2D eigenvalue weighted by molar-refractivity contribution is -0.666. The Balaban J connectivity index is 2.58. The number of hydrogen-bond acceptors (Lipinski definition) is 5. The molecule has 0 saturated heterocycles. The molecular formula is C21H26F6N3O4S+. The summed E-state index contributed by atoms with van der Waals surface area (Å²) in [5.41, 5.74) is -3.98. The van der Waals surface area contributed by atoms with Crippen molar-refractivity contribution in [3.8, 4) is 0 Å². The number of methoxy groups -OCH3 is 1. The molecule has 1 aliphatic rings. The number of nitrogens with zero attached hydrogens (tertiary/aromatic N) is 1. The van der Waals surface area contributed by atoms with Crippen LogP contribution < -0.4 is 5.32 Å². The van der Waals surface area contributed by atoms with Crippen molar-refractivity contribution in [3.63, 3.8) is 0 Å². The smallest absolute Gasteiger partial charge is 0.416 e. The van der Waals surface area contributed by atoms with Crippen molar-refractivity contribution in [1.82, 2.24) is 4.31 Å². The number of rotatable bonds is 7. The van der Waals surface area contributed by atoms with E-state index in [1.807, 2.05) is 0 Å². The van der Waals surface area contributed by atoms with Gasteiger partial charge in [0.15, 0.2) is 5.54 Å². The van der Waals surface area contributed by atoms with Crippen LogP contribution in [0, 0.1) is 5.41 Å². The number of benzene rings is 1. The van der Waals surface area contributed by atoms with E-state index in [0.29, 0.717) is 22.8 Å². The Morgan fingerprint density at radius 1 is 1.11 bits per heavy atom. The molecule has 7 nitrogen and oxygen atoms in total. The molecule has 1 aromatic carbocycles. The highest BCUT2D eigenvalue weighted by molar-refractivity contribution is 7.89. The second kappa shape index (κ2) is 9.90. The highest BCUT2D eigenvalue weighted by Gasteiger charge is 2.42. The molecule has 0 aliphatic heterocycles. The third kappa shape index (κ3) is 6.22. The van der Waals surface area contributed by atoms with Gasteiger partial charge < -0.3 is 15.5 Å². The first-order valence-corrected chi connectivity index (χ1v) is 11.8. The number of likely N-dealkylation sites (N-methyl/N-ethyl adjacent to an activating group) is 1. The minimum absolute atomic E-state index is 0.148. The largest absolute Gasteiger partial charge is 0.464 e. The number of allylic oxidation sites excluding steroid dienone is 1. The molecule has 2 rings (SSSR count). The zero-order valence-electron chi connectivity index (χ0n) is 19.3. The molecule has 1 aromatic rings. The van der Waals surface area contributed by atoms with Gasteiger partial charge in [-0.2, -0.15) is 30.6 Å². The second-order valence-corrected chi connectivity index (χ2v) is 10.7. The van der Waals surface area contributed by atoms with Gasteiger partial charge in [-0.3, -0.25) is 0 Å². The maximum absolute atomic E-state index is 13.2. The number of alkyl halides is 6. The van der Waals surface area contributed by atoms with Crippen LogP contribution in [0.25, 0.3) is 0 Å². The molecule has 196 valence electrons. The summed E-state index contributed by atoms with van der Waals surface area (Å²) in [5.74, 6) is -0.582. The molecule has 0 fully saturated rings. The monoisotopic (exact) mass is 530 g/mol. The number of quaternary nitrogens is 1. The van der Waals surface area contributed by atoms with E-state index in [1.165, 1.54) is 12.4 Å². The lowest BCUT2D eigenvalue weighted by atomic mass is 9.90. The molecule has 14 heteroatoms. The third-order valence-corrected chi connectivity index (χ3v) is 7.58. The standard InChI is InChI=1S/C21H25F6N3O4S/c1-19(2,18(31)34-4)29-16-6-5-7-17(15(16)11-28)30(3)35(32,33)14-9-12(20(22,23)24)8-13(10-14)21(25,26)27/h8-11,17,28-29H,5-7H2,1-4H3/p+1. The van der Waals surface area contributed by atoms with Crippen molar-refractivity contribution in [1.29, 1.82) is 5.41 Å². The maximum Gasteiger partial charge on any atom is 0.416 e. The van der Waals surface area contributed by atoms with E-state index >= 15 is 0 Å². The summed E-state index contributed by atoms with van der Waals surface area (Å²) < 4.78 is 111. The summed E-state index contributed by atoms with van der Waals surface area (Å²) in [6.45, 7) is 3.11. The van der Waals surface area contributed by atoms with E-state index in [1.54, 1.807) is 13.8 Å². The third-order valence-electron chi connectivity index (χ3n) is 5.73. The summed E-state index contributed by atoms with van der Waals surface area (Å²) in [7, 11) is -2.62. The van der Waals surface area contributed by atoms with Gasteiger partial charge in [-0.1, -0.05) is 0 Å². The molecule has 35 heavy (non-hydrogen) atoms. The zero-order valence-corrected chi connectivity index (χ0v) is 20.2. The summed E-state index contributed by atoms with van der Waals surface area (Å²) in [6.07, 6.45) is -8.59. The van der Waals surface area contributed by atoms with E-state index in [2.05, 4.69) is 0 Å². The highest BCUT2D eigenvalue weighted by Crippen LogP contribution is 2.38. The van der Waals surface area contributed by atoms with Gasteiger partial charge in [0.05, 0.1) is 29.2 Å². The molecule has 1 atom stereocenters. The van der Waals surface area contributed by atoms with Gasteiger partial charge in [0.2, 0.25) is 10.0 Å². The molecule has 0 bridgehead atoms. The van der Waals surface area contributed by atoms with Gasteiger partial charge in [-0.25, -0.2) is 13.2 Å². The lowest BCUT2D eigenvalue weighted by Gasteiger charge is -2.33. The number of sulfonamides is 1. The fourth-order valence-electron chi connectivity index (χ4n) is 3.89. The van der Waals surface area contributed by atoms with E-state index in [-0.39, 0.29) is 30.2 Å². The van der Waals surface area contributed by atoms with Crippen molar-refractivity contribution in [2.24, 2.45) is 0 Å². The van der Waals surface area contributed by atoms with Gasteiger partial charge in [0, 0.05) is 39.1 Å². The van der Waals surface area contributed by atoms with Crippen LogP contribution in [0.2, 0.25) is 0 Å². The predicted octanol–water partition coefficient (Wildman–Crippen LogP) is 3.32. The number of nitrogens with two attached hydrogens (primary N) is 1. The summed E-state index contributed by atoms with van der Waals surface area (Å²) in [4.78, 5) is 10.9. The normalized spacial score (nSPS) is 18.1. The quantitative estimate of drug-likeness (QED) is 0.321. The first-order valence-electron chi connectivity index (χ1n) is 10.3. The SMILES string of the molecule is COC(=O)C(C)(C)[NH2+]C1=C(C=N)C(N(C)S(=O)(=O)c2cc(C(F)(F)F)cc(C(F)(F)F)c2)CCC1. The molecular weight excluding hydrogens is 504 g/mol. The number of carbonyl (C=O) groups excluding carboxylic acids is 1. The van der Waals surface area contributed by atoms with Crippen molar-refractivity contribution in [2.75, 3.05) is 14.2 Å². The van der Waals surface area contributed by atoms with Crippen LogP contribution in [-0.4, -0.2) is 50.6 Å². The van der Waals surface area contributed by atoms with Gasteiger partial charge in [-0.15, -0.1) is 0 Å². The Hall–Kier alpha value is -2.45. The van der Waals surface area contributed by atoms with Gasteiger partial charge in [0.25, 0.3) is 0 Å². The van der Waals surface area contributed by atoms with E-state index < -0.39 is 55.9 Å². The van der Waals surface area contributed by atoms with Gasteiger partial charge in [-0.05, 0) is 31.0 Å². The molecule has 0 spiro atoms. The fourth-order valence-corrected chi connectivity index (χ4v) is 5.33. The molecule has 0 aromatic heterocycles. The molecule has 1 aliphatic carbocycles. The molecule has 0 amide bonds. The number of nitrogens with one attached hydrogen (secondary N) is 1. The van der Waals surface area contributed by atoms with Crippen molar-refractivity contribution in [3.05, 3.63) is 40.6 Å². The summed E-state index contributed by atoms with van der Waals surface area (Å²) in [5, 5.41) is 9.34. The Morgan fingerprint density at radius 2 is 1.63 bits per heavy atom. The number of hydrogen-bond donors (Lipinski definition) is 2. The minimum atomic E-state index is -5.21. The van der Waals surface area contributed by atoms with Crippen LogP contribution in [-0.2, 0) is 31.9 Å². The average Bonchev–Trinajstić information content (AvgIpc) is 2.75. The van der Waals surface area contributed by atoms with Gasteiger partial charge >= 0.3 is 18.3 Å². The Morgan fingerprint density at radius 3 is 2.06 bits per heavy atom. The Bertz CT molecular complexity index is 1090. The first kappa shape index (κ1) is 28.8. The van der Waals surface area contributed by atoms with E-state index in [0.717, 1.165) is 13.3 Å². The fraction of sp³-hybridized carbons (Fsp3) is 0.524. The summed E-state index contributed by atoms with van der Waals surface area (Å²) >= 11 is 0. The van der Waals surface area contributed by atoms with Crippen LogP contribution in [0.3, 0.4) is 0 Å². The van der Waals surface area contributed by atoms with Crippen molar-refractivity contribution < 1.29 is 49.6 Å². The molecule has 0 saturated carbocycles. The predicted molar refractivity (Wildman–Crippen MR) is 113 cm³/mol. The minimum Gasteiger partial charge on any atom is -0.464 e. The number of ether oxygens (including phenoxy) is 1. The Kier molecular flexibility index (Phi) is 8.14.